The van der Waals surface area contributed by atoms with Crippen LogP contribution in [0.15, 0.2) is 47.9 Å². The van der Waals surface area contributed by atoms with Crippen molar-refractivity contribution < 1.29 is 0 Å². The number of pyridine rings is 1. The van der Waals surface area contributed by atoms with Gasteiger partial charge in [-0.05, 0) is 37.6 Å². The average Bonchev–Trinajstić information content (AvgIpc) is 3.03. The number of rotatable bonds is 3. The molecule has 1 fully saturated rings. The first kappa shape index (κ1) is 14.1. The number of H-pyrrole nitrogens is 1. The smallest absolute Gasteiger partial charge is 0.250 e. The van der Waals surface area contributed by atoms with Crippen LogP contribution in [0.4, 0.5) is 0 Å². The Kier molecular flexibility index (Phi) is 3.67. The Morgan fingerprint density at radius 1 is 1.22 bits per heavy atom. The van der Waals surface area contributed by atoms with E-state index in [4.69, 9.17) is 0 Å². The summed E-state index contributed by atoms with van der Waals surface area (Å²) in [6, 6.07) is 5.84. The van der Waals surface area contributed by atoms with Crippen LogP contribution in [0, 0.1) is 0 Å². The third-order valence-electron chi connectivity index (χ3n) is 4.56. The van der Waals surface area contributed by atoms with Crippen LogP contribution >= 0.6 is 0 Å². The van der Waals surface area contributed by atoms with Crippen LogP contribution in [0.2, 0.25) is 0 Å². The second-order valence-corrected chi connectivity index (χ2v) is 6.12. The second-order valence-electron chi connectivity index (χ2n) is 6.12. The fourth-order valence-electron chi connectivity index (χ4n) is 3.31. The predicted molar refractivity (Wildman–Crippen MR) is 87.3 cm³/mol. The summed E-state index contributed by atoms with van der Waals surface area (Å²) in [6.45, 7) is 3.01. The summed E-state index contributed by atoms with van der Waals surface area (Å²) in [5.74, 6) is 0.393. The molecule has 1 aliphatic rings. The summed E-state index contributed by atoms with van der Waals surface area (Å²) in [5, 5.41) is 0. The lowest BCUT2D eigenvalue weighted by molar-refractivity contribution is 0.203. The van der Waals surface area contributed by atoms with Crippen molar-refractivity contribution in [2.75, 3.05) is 13.1 Å². The fourth-order valence-corrected chi connectivity index (χ4v) is 3.31. The largest absolute Gasteiger partial charge is 0.313 e. The Balaban J connectivity index is 1.40. The molecule has 0 atom stereocenters. The Morgan fingerprint density at radius 3 is 2.91 bits per heavy atom. The quantitative estimate of drug-likeness (QED) is 0.801. The molecule has 0 radical (unpaired) electrons. The molecule has 0 saturated carbocycles. The van der Waals surface area contributed by atoms with Gasteiger partial charge in [-0.15, -0.1) is 0 Å². The zero-order valence-corrected chi connectivity index (χ0v) is 12.9. The van der Waals surface area contributed by atoms with Gasteiger partial charge in [0, 0.05) is 37.1 Å². The monoisotopic (exact) mass is 309 g/mol. The number of hydrogen-bond acceptors (Lipinski definition) is 4. The third-order valence-corrected chi connectivity index (χ3v) is 4.56. The first-order valence-electron chi connectivity index (χ1n) is 7.96. The predicted octanol–water partition coefficient (Wildman–Crippen LogP) is 1.80. The van der Waals surface area contributed by atoms with Crippen LogP contribution in [-0.2, 0) is 6.54 Å². The van der Waals surface area contributed by atoms with Gasteiger partial charge in [0.05, 0.1) is 12.0 Å². The number of nitrogens with one attached hydrogen (secondary N) is 1. The van der Waals surface area contributed by atoms with E-state index in [0.717, 1.165) is 43.8 Å². The average molecular weight is 309 g/mol. The first-order valence-corrected chi connectivity index (χ1v) is 7.96. The molecule has 0 aromatic carbocycles. The topological polar surface area (TPSA) is 66.3 Å². The zero-order chi connectivity index (χ0) is 15.6. The Morgan fingerprint density at radius 2 is 2.09 bits per heavy atom. The van der Waals surface area contributed by atoms with Crippen molar-refractivity contribution in [1.82, 2.24) is 24.3 Å². The van der Waals surface area contributed by atoms with Gasteiger partial charge >= 0.3 is 0 Å². The molecule has 118 valence electrons. The maximum atomic E-state index is 11.4. The van der Waals surface area contributed by atoms with Crippen molar-refractivity contribution in [2.24, 2.45) is 0 Å². The van der Waals surface area contributed by atoms with Gasteiger partial charge in [-0.1, -0.05) is 6.07 Å². The van der Waals surface area contributed by atoms with Gasteiger partial charge in [0.15, 0.2) is 0 Å². The molecular weight excluding hydrogens is 290 g/mol. The lowest BCUT2D eigenvalue weighted by Crippen LogP contribution is -2.33. The van der Waals surface area contributed by atoms with Crippen molar-refractivity contribution >= 4 is 5.65 Å². The van der Waals surface area contributed by atoms with Crippen molar-refractivity contribution in [1.29, 1.82) is 0 Å². The van der Waals surface area contributed by atoms with Crippen LogP contribution in [0.3, 0.4) is 0 Å². The lowest BCUT2D eigenvalue weighted by Gasteiger charge is -2.31. The van der Waals surface area contributed by atoms with Crippen LogP contribution in [0.1, 0.15) is 30.0 Å². The molecular formula is C17H19N5O. The van der Waals surface area contributed by atoms with Gasteiger partial charge in [-0.25, -0.2) is 9.97 Å². The number of nitrogens with zero attached hydrogens (tertiary/aromatic N) is 4. The van der Waals surface area contributed by atoms with E-state index in [0.29, 0.717) is 5.92 Å². The normalized spacial score (nSPS) is 16.9. The molecule has 4 heterocycles. The number of hydrogen-bond donors (Lipinski definition) is 1. The molecule has 23 heavy (non-hydrogen) atoms. The molecule has 0 aliphatic carbocycles. The number of fused-ring (bicyclic) bond motifs is 1. The summed E-state index contributed by atoms with van der Waals surface area (Å²) in [4.78, 5) is 25.0. The Hall–Kier alpha value is -2.47. The highest BCUT2D eigenvalue weighted by atomic mass is 16.1. The molecule has 6 heteroatoms. The number of aromatic amines is 1. The summed E-state index contributed by atoms with van der Waals surface area (Å²) >= 11 is 0. The standard InChI is InChI=1S/C17H19N5O/c23-17-9-15(19-12-20-17)14-3-6-21(7-4-14)10-13-1-2-16-18-5-8-22(16)11-13/h1-2,5,8-9,11-12,14H,3-4,6-7,10H2,(H,19,20,23). The minimum Gasteiger partial charge on any atom is -0.313 e. The Labute approximate surface area is 133 Å². The van der Waals surface area contributed by atoms with E-state index in [1.54, 1.807) is 6.07 Å². The summed E-state index contributed by atoms with van der Waals surface area (Å²) in [6.07, 6.45) is 9.54. The van der Waals surface area contributed by atoms with E-state index >= 15 is 0 Å². The maximum Gasteiger partial charge on any atom is 0.250 e. The van der Waals surface area contributed by atoms with Crippen LogP contribution in [-0.4, -0.2) is 37.3 Å². The minimum atomic E-state index is -0.0638. The molecule has 0 unspecified atom stereocenters. The van der Waals surface area contributed by atoms with E-state index in [1.165, 1.54) is 11.9 Å². The van der Waals surface area contributed by atoms with Crippen molar-refractivity contribution in [2.45, 2.75) is 25.3 Å². The highest BCUT2D eigenvalue weighted by molar-refractivity contribution is 5.39. The summed E-state index contributed by atoms with van der Waals surface area (Å²) < 4.78 is 2.06. The summed E-state index contributed by atoms with van der Waals surface area (Å²) in [7, 11) is 0. The Bertz CT molecular complexity index is 860. The first-order chi connectivity index (χ1) is 11.3. The van der Waals surface area contributed by atoms with Crippen LogP contribution in [0.5, 0.6) is 0 Å². The zero-order valence-electron chi connectivity index (χ0n) is 12.9. The molecule has 1 N–H and O–H groups in total. The molecule has 0 amide bonds. The molecule has 1 saturated heterocycles. The molecule has 0 spiro atoms. The van der Waals surface area contributed by atoms with Crippen LogP contribution in [0.25, 0.3) is 5.65 Å². The van der Waals surface area contributed by atoms with Gasteiger partial charge in [0.2, 0.25) is 0 Å². The number of aromatic nitrogens is 4. The molecule has 4 rings (SSSR count). The number of imidazole rings is 1. The SMILES string of the molecule is O=c1cc(C2CCN(Cc3ccc4nccn4c3)CC2)nc[nH]1. The van der Waals surface area contributed by atoms with E-state index in [-0.39, 0.29) is 5.56 Å². The van der Waals surface area contributed by atoms with Gasteiger partial charge in [0.1, 0.15) is 5.65 Å². The van der Waals surface area contributed by atoms with Gasteiger partial charge in [-0.2, -0.15) is 0 Å². The van der Waals surface area contributed by atoms with E-state index in [1.807, 2.05) is 12.4 Å². The van der Waals surface area contributed by atoms with E-state index in [9.17, 15) is 4.79 Å². The molecule has 3 aromatic heterocycles. The highest BCUT2D eigenvalue weighted by Gasteiger charge is 2.21. The van der Waals surface area contributed by atoms with Crippen molar-refractivity contribution in [3.63, 3.8) is 0 Å². The summed E-state index contributed by atoms with van der Waals surface area (Å²) in [5.41, 5.74) is 3.13. The lowest BCUT2D eigenvalue weighted by atomic mass is 9.93. The van der Waals surface area contributed by atoms with E-state index < -0.39 is 0 Å². The second kappa shape index (κ2) is 5.96. The molecule has 0 bridgehead atoms. The number of likely N-dealkylation sites (tertiary alicyclic amines) is 1. The third kappa shape index (κ3) is 3.03. The van der Waals surface area contributed by atoms with E-state index in [2.05, 4.69) is 42.6 Å². The fraction of sp³-hybridized carbons (Fsp3) is 0.353. The number of piperidine rings is 1. The van der Waals surface area contributed by atoms with Crippen molar-refractivity contribution in [3.8, 4) is 0 Å². The van der Waals surface area contributed by atoms with Gasteiger partial charge in [-0.3, -0.25) is 9.69 Å². The minimum absolute atomic E-state index is 0.0638. The van der Waals surface area contributed by atoms with Gasteiger partial charge in [0.25, 0.3) is 5.56 Å². The molecule has 1 aliphatic heterocycles. The van der Waals surface area contributed by atoms with Crippen molar-refractivity contribution in [3.05, 3.63) is 64.7 Å². The highest BCUT2D eigenvalue weighted by Crippen LogP contribution is 2.26. The van der Waals surface area contributed by atoms with Crippen LogP contribution < -0.4 is 5.56 Å². The molecule has 6 nitrogen and oxygen atoms in total. The maximum absolute atomic E-state index is 11.4. The van der Waals surface area contributed by atoms with Gasteiger partial charge < -0.3 is 9.38 Å². The molecule has 3 aromatic rings.